The van der Waals surface area contributed by atoms with Gasteiger partial charge < -0.3 is 5.73 Å². The lowest BCUT2D eigenvalue weighted by Crippen LogP contribution is -2.10. The zero-order valence-corrected chi connectivity index (χ0v) is 9.68. The third kappa shape index (κ3) is 2.44. The van der Waals surface area contributed by atoms with Crippen molar-refractivity contribution < 1.29 is 8.42 Å². The average molecular weight is 246 g/mol. The summed E-state index contributed by atoms with van der Waals surface area (Å²) in [5, 5.41) is 0.401. The monoisotopic (exact) mass is 245 g/mol. The van der Waals surface area contributed by atoms with Gasteiger partial charge in [-0.3, -0.25) is 0 Å². The Hall–Kier alpha value is -0.740. The molecule has 0 unspecified atom stereocenters. The number of anilines is 1. The second-order valence-electron chi connectivity index (χ2n) is 3.91. The Balaban J connectivity index is 2.38. The number of rotatable bonds is 3. The molecule has 1 aromatic rings. The number of hydrogen-bond donors (Lipinski definition) is 1. The van der Waals surface area contributed by atoms with Gasteiger partial charge in [0.05, 0.1) is 16.3 Å². The molecule has 0 radical (unpaired) electrons. The maximum absolute atomic E-state index is 11.9. The minimum absolute atomic E-state index is 0.168. The maximum Gasteiger partial charge on any atom is 0.180 e. The molecule has 0 bridgehead atoms. The van der Waals surface area contributed by atoms with Crippen molar-refractivity contribution in [2.75, 3.05) is 11.5 Å². The van der Waals surface area contributed by atoms with Crippen molar-refractivity contribution in [3.63, 3.8) is 0 Å². The van der Waals surface area contributed by atoms with Crippen LogP contribution in [0.3, 0.4) is 0 Å². The minimum atomic E-state index is -3.26. The quantitative estimate of drug-likeness (QED) is 0.830. The van der Waals surface area contributed by atoms with Crippen LogP contribution < -0.4 is 5.73 Å². The lowest BCUT2D eigenvalue weighted by Gasteiger charge is -2.06. The zero-order chi connectivity index (χ0) is 11.1. The fraction of sp³-hybridized carbons (Fsp3) is 0.400. The first-order valence-corrected chi connectivity index (χ1v) is 6.80. The normalized spacial score (nSPS) is 16.6. The highest BCUT2D eigenvalue weighted by Crippen LogP contribution is 2.34. The molecular formula is C10H12ClNO2S. The summed E-state index contributed by atoms with van der Waals surface area (Å²) >= 11 is 5.76. The number of nitrogen functional groups attached to an aromatic ring is 1. The third-order valence-electron chi connectivity index (χ3n) is 2.46. The smallest absolute Gasteiger partial charge is 0.180 e. The molecule has 1 aromatic carbocycles. The van der Waals surface area contributed by atoms with Crippen LogP contribution in [0, 0.1) is 5.92 Å². The standard InChI is InChI=1S/C10H12ClNO2S/c11-8-3-4-9(12)10(5-8)15(13,14)6-7-1-2-7/h3-5,7H,1-2,6,12H2. The van der Waals surface area contributed by atoms with Gasteiger partial charge >= 0.3 is 0 Å². The molecule has 0 atom stereocenters. The average Bonchev–Trinajstić information content (AvgIpc) is 2.92. The van der Waals surface area contributed by atoms with Crippen LogP contribution in [0.15, 0.2) is 23.1 Å². The van der Waals surface area contributed by atoms with Crippen LogP contribution in [-0.2, 0) is 9.84 Å². The minimum Gasteiger partial charge on any atom is -0.398 e. The van der Waals surface area contributed by atoms with E-state index < -0.39 is 9.84 Å². The van der Waals surface area contributed by atoms with Crippen molar-refractivity contribution in [2.24, 2.45) is 5.92 Å². The Morgan fingerprint density at radius 3 is 2.67 bits per heavy atom. The molecule has 0 heterocycles. The Kier molecular flexibility index (Phi) is 2.64. The lowest BCUT2D eigenvalue weighted by atomic mass is 10.3. The number of benzene rings is 1. The van der Waals surface area contributed by atoms with E-state index in [9.17, 15) is 8.42 Å². The topological polar surface area (TPSA) is 60.2 Å². The van der Waals surface area contributed by atoms with E-state index in [4.69, 9.17) is 17.3 Å². The molecule has 5 heteroatoms. The van der Waals surface area contributed by atoms with Crippen LogP contribution in [0.1, 0.15) is 12.8 Å². The van der Waals surface area contributed by atoms with E-state index in [0.29, 0.717) is 10.9 Å². The molecule has 0 spiro atoms. The summed E-state index contributed by atoms with van der Waals surface area (Å²) in [4.78, 5) is 0.168. The molecule has 1 saturated carbocycles. The molecular weight excluding hydrogens is 234 g/mol. The highest BCUT2D eigenvalue weighted by atomic mass is 35.5. The van der Waals surface area contributed by atoms with Gasteiger partial charge in [0.2, 0.25) is 0 Å². The van der Waals surface area contributed by atoms with Crippen molar-refractivity contribution in [3.05, 3.63) is 23.2 Å². The second kappa shape index (κ2) is 3.68. The molecule has 82 valence electrons. The lowest BCUT2D eigenvalue weighted by molar-refractivity contribution is 0.592. The van der Waals surface area contributed by atoms with Crippen LogP contribution in [0.2, 0.25) is 5.02 Å². The second-order valence-corrected chi connectivity index (χ2v) is 6.35. The highest BCUT2D eigenvalue weighted by molar-refractivity contribution is 7.91. The zero-order valence-electron chi connectivity index (χ0n) is 8.11. The SMILES string of the molecule is Nc1ccc(Cl)cc1S(=O)(=O)CC1CC1. The molecule has 0 amide bonds. The van der Waals surface area contributed by atoms with E-state index in [1.165, 1.54) is 12.1 Å². The summed E-state index contributed by atoms with van der Waals surface area (Å²) in [5.41, 5.74) is 5.91. The van der Waals surface area contributed by atoms with Crippen molar-refractivity contribution in [1.82, 2.24) is 0 Å². The molecule has 1 aliphatic carbocycles. The number of halogens is 1. The Labute approximate surface area is 94.2 Å². The Bertz CT molecular complexity index is 480. The molecule has 15 heavy (non-hydrogen) atoms. The number of sulfone groups is 1. The van der Waals surface area contributed by atoms with Crippen molar-refractivity contribution in [2.45, 2.75) is 17.7 Å². The van der Waals surface area contributed by atoms with Gasteiger partial charge in [-0.05, 0) is 37.0 Å². The van der Waals surface area contributed by atoms with Gasteiger partial charge in [-0.2, -0.15) is 0 Å². The van der Waals surface area contributed by atoms with Crippen molar-refractivity contribution in [1.29, 1.82) is 0 Å². The summed E-state index contributed by atoms with van der Waals surface area (Å²) in [7, 11) is -3.26. The van der Waals surface area contributed by atoms with Crippen molar-refractivity contribution in [3.8, 4) is 0 Å². The van der Waals surface area contributed by atoms with Crippen LogP contribution >= 0.6 is 11.6 Å². The fourth-order valence-electron chi connectivity index (χ4n) is 1.46. The van der Waals surface area contributed by atoms with Crippen molar-refractivity contribution >= 4 is 27.1 Å². The number of hydrogen-bond acceptors (Lipinski definition) is 3. The van der Waals surface area contributed by atoms with Gasteiger partial charge in [0, 0.05) is 5.02 Å². The summed E-state index contributed by atoms with van der Waals surface area (Å²) in [5.74, 6) is 0.505. The molecule has 1 fully saturated rings. The van der Waals surface area contributed by atoms with E-state index >= 15 is 0 Å². The molecule has 2 N–H and O–H groups in total. The predicted octanol–water partition coefficient (Wildman–Crippen LogP) is 2.11. The van der Waals surface area contributed by atoms with E-state index in [1.54, 1.807) is 6.07 Å². The largest absolute Gasteiger partial charge is 0.398 e. The first kappa shape index (κ1) is 10.8. The molecule has 2 rings (SSSR count). The Morgan fingerprint density at radius 2 is 2.07 bits per heavy atom. The van der Waals surface area contributed by atoms with Crippen LogP contribution in [0.4, 0.5) is 5.69 Å². The summed E-state index contributed by atoms with van der Waals surface area (Å²) < 4.78 is 23.8. The predicted molar refractivity (Wildman–Crippen MR) is 60.6 cm³/mol. The first-order chi connectivity index (χ1) is 6.99. The van der Waals surface area contributed by atoms with E-state index in [1.807, 2.05) is 0 Å². The van der Waals surface area contributed by atoms with E-state index in [-0.39, 0.29) is 16.3 Å². The fourth-order valence-corrected chi connectivity index (χ4v) is 3.57. The van der Waals surface area contributed by atoms with Gasteiger partial charge in [-0.25, -0.2) is 8.42 Å². The third-order valence-corrected chi connectivity index (χ3v) is 4.63. The molecule has 1 aliphatic rings. The summed E-state index contributed by atoms with van der Waals surface area (Å²) in [6.07, 6.45) is 2.00. The van der Waals surface area contributed by atoms with Gasteiger partial charge in [-0.1, -0.05) is 11.6 Å². The first-order valence-electron chi connectivity index (χ1n) is 4.77. The van der Waals surface area contributed by atoms with Gasteiger partial charge in [0.25, 0.3) is 0 Å². The van der Waals surface area contributed by atoms with Crippen LogP contribution in [0.5, 0.6) is 0 Å². The number of nitrogens with two attached hydrogens (primary N) is 1. The van der Waals surface area contributed by atoms with Crippen LogP contribution in [0.25, 0.3) is 0 Å². The van der Waals surface area contributed by atoms with Gasteiger partial charge in [-0.15, -0.1) is 0 Å². The maximum atomic E-state index is 11.9. The van der Waals surface area contributed by atoms with E-state index in [2.05, 4.69) is 0 Å². The van der Waals surface area contributed by atoms with Gasteiger partial charge in [0.15, 0.2) is 9.84 Å². The van der Waals surface area contributed by atoms with Gasteiger partial charge in [0.1, 0.15) is 0 Å². The summed E-state index contributed by atoms with van der Waals surface area (Å²) in [6, 6.07) is 4.55. The van der Waals surface area contributed by atoms with Crippen LogP contribution in [-0.4, -0.2) is 14.2 Å². The molecule has 3 nitrogen and oxygen atoms in total. The van der Waals surface area contributed by atoms with E-state index in [0.717, 1.165) is 12.8 Å². The molecule has 0 saturated heterocycles. The molecule has 0 aliphatic heterocycles. The highest BCUT2D eigenvalue weighted by Gasteiger charge is 2.30. The summed E-state index contributed by atoms with van der Waals surface area (Å²) in [6.45, 7) is 0. The Morgan fingerprint density at radius 1 is 1.40 bits per heavy atom. The molecule has 0 aromatic heterocycles.